The van der Waals surface area contributed by atoms with Crippen LogP contribution in [-0.4, -0.2) is 13.7 Å². The Morgan fingerprint density at radius 3 is 2.31 bits per heavy atom. The smallest absolute Gasteiger partial charge is 0.212 e. The van der Waals surface area contributed by atoms with E-state index in [4.69, 9.17) is 5.14 Å². The Hall–Kier alpha value is -2.17. The maximum Gasteiger partial charge on any atom is 0.212 e. The average molecular weight is 450 g/mol. The molecule has 3 atom stereocenters. The second kappa shape index (κ2) is 9.36. The zero-order valence-electron chi connectivity index (χ0n) is 19.1. The lowest BCUT2D eigenvalue weighted by Gasteiger charge is -2.37. The highest BCUT2D eigenvalue weighted by Gasteiger charge is 2.59. The molecule has 0 saturated heterocycles. The van der Waals surface area contributed by atoms with Gasteiger partial charge < -0.3 is 0 Å². The molecule has 0 radical (unpaired) electrons. The number of rotatable bonds is 9. The summed E-state index contributed by atoms with van der Waals surface area (Å²) in [4.78, 5) is 0. The summed E-state index contributed by atoms with van der Waals surface area (Å²) in [7, 11) is -3.64. The maximum absolute atomic E-state index is 12.7. The number of nitrogens with two attached hydrogens (primary N) is 1. The molecule has 0 spiro atoms. The largest absolute Gasteiger partial charge is 0.228 e. The first kappa shape index (κ1) is 23.0. The number of hydrogen-bond donors (Lipinski definition) is 1. The predicted octanol–water partition coefficient (Wildman–Crippen LogP) is 6.58. The van der Waals surface area contributed by atoms with Crippen LogP contribution in [0.3, 0.4) is 0 Å². The number of hydrogen-bond acceptors (Lipinski definition) is 2. The lowest BCUT2D eigenvalue weighted by atomic mass is 9.66. The summed E-state index contributed by atoms with van der Waals surface area (Å²) in [6, 6.07) is 20.8. The van der Waals surface area contributed by atoms with Crippen LogP contribution < -0.4 is 5.14 Å². The third kappa shape index (κ3) is 4.11. The van der Waals surface area contributed by atoms with Crippen LogP contribution in [0.2, 0.25) is 0 Å². The van der Waals surface area contributed by atoms with Gasteiger partial charge in [0.15, 0.2) is 0 Å². The van der Waals surface area contributed by atoms with Gasteiger partial charge in [-0.15, -0.1) is 0 Å². The number of benzene rings is 2. The van der Waals surface area contributed by atoms with E-state index in [0.717, 1.165) is 36.8 Å². The number of unbranched alkanes of at least 4 members (excludes halogenated alkanes) is 3. The molecule has 3 unspecified atom stereocenters. The Morgan fingerprint density at radius 1 is 1.03 bits per heavy atom. The van der Waals surface area contributed by atoms with E-state index in [1.165, 1.54) is 36.0 Å². The molecule has 2 aromatic rings. The molecule has 2 aliphatic carbocycles. The van der Waals surface area contributed by atoms with E-state index in [0.29, 0.717) is 6.42 Å². The highest BCUT2D eigenvalue weighted by molar-refractivity contribution is 7.89. The van der Waals surface area contributed by atoms with Crippen LogP contribution in [0.4, 0.5) is 0 Å². The zero-order valence-corrected chi connectivity index (χ0v) is 19.9. The van der Waals surface area contributed by atoms with E-state index >= 15 is 0 Å². The van der Waals surface area contributed by atoms with E-state index in [9.17, 15) is 8.42 Å². The van der Waals surface area contributed by atoms with Crippen LogP contribution in [0.1, 0.15) is 69.4 Å². The predicted molar refractivity (Wildman–Crippen MR) is 134 cm³/mol. The molecule has 4 heteroatoms. The van der Waals surface area contributed by atoms with Crippen molar-refractivity contribution >= 4 is 21.2 Å². The fourth-order valence-corrected chi connectivity index (χ4v) is 7.48. The number of primary sulfonamides is 1. The molecule has 2 aromatic carbocycles. The Bertz CT molecular complexity index is 1090. The molecular weight excluding hydrogens is 414 g/mol. The second-order valence-corrected chi connectivity index (χ2v) is 11.2. The minimum absolute atomic E-state index is 0.0541. The van der Waals surface area contributed by atoms with Gasteiger partial charge in [-0.3, -0.25) is 0 Å². The summed E-state index contributed by atoms with van der Waals surface area (Å²) in [5.41, 5.74) is 5.67. The van der Waals surface area contributed by atoms with Crippen molar-refractivity contribution in [1.29, 1.82) is 0 Å². The van der Waals surface area contributed by atoms with E-state index in [1.807, 2.05) is 24.3 Å². The third-order valence-electron chi connectivity index (χ3n) is 7.65. The van der Waals surface area contributed by atoms with Gasteiger partial charge in [0, 0.05) is 5.41 Å². The van der Waals surface area contributed by atoms with Crippen molar-refractivity contribution in [3.63, 3.8) is 0 Å². The van der Waals surface area contributed by atoms with Crippen LogP contribution in [0, 0.1) is 11.3 Å². The number of sulfonamides is 1. The first-order valence-electron chi connectivity index (χ1n) is 11.9. The molecule has 170 valence electrons. The molecule has 3 nitrogen and oxygen atoms in total. The van der Waals surface area contributed by atoms with Gasteiger partial charge in [-0.1, -0.05) is 99.0 Å². The molecule has 2 aliphatic rings. The molecule has 1 fully saturated rings. The Labute approximate surface area is 193 Å². The van der Waals surface area contributed by atoms with Crippen molar-refractivity contribution in [2.45, 2.75) is 63.5 Å². The molecular formula is C28H35NO2S. The zero-order chi connectivity index (χ0) is 22.8. The van der Waals surface area contributed by atoms with Gasteiger partial charge in [-0.25, -0.2) is 13.6 Å². The molecule has 0 aromatic heterocycles. The lowest BCUT2D eigenvalue weighted by Crippen LogP contribution is -2.36. The topological polar surface area (TPSA) is 60.2 Å². The van der Waals surface area contributed by atoms with Gasteiger partial charge in [-0.2, -0.15) is 0 Å². The summed E-state index contributed by atoms with van der Waals surface area (Å²) in [6.45, 7) is 6.83. The van der Waals surface area contributed by atoms with Crippen molar-refractivity contribution < 1.29 is 8.42 Å². The average Bonchev–Trinajstić information content (AvgIpc) is 3.32. The Balaban J connectivity index is 1.86. The van der Waals surface area contributed by atoms with E-state index < -0.39 is 15.3 Å². The number of allylic oxidation sites excluding steroid dienone is 3. The van der Waals surface area contributed by atoms with Crippen LogP contribution in [-0.2, 0) is 10.0 Å². The van der Waals surface area contributed by atoms with Gasteiger partial charge >= 0.3 is 0 Å². The first-order valence-corrected chi connectivity index (χ1v) is 13.5. The molecule has 1 saturated carbocycles. The number of fused-ring (bicyclic) bond motifs is 1. The third-order valence-corrected chi connectivity index (χ3v) is 9.06. The van der Waals surface area contributed by atoms with Crippen LogP contribution in [0.25, 0.3) is 11.1 Å². The maximum atomic E-state index is 12.7. The van der Waals surface area contributed by atoms with Crippen molar-refractivity contribution in [3.8, 4) is 0 Å². The van der Waals surface area contributed by atoms with Crippen LogP contribution in [0.5, 0.6) is 0 Å². The van der Waals surface area contributed by atoms with E-state index in [1.54, 1.807) is 0 Å². The van der Waals surface area contributed by atoms with Gasteiger partial charge in [0.25, 0.3) is 0 Å². The second-order valence-electron chi connectivity index (χ2n) is 9.45. The summed E-state index contributed by atoms with van der Waals surface area (Å²) in [5.74, 6) is -0.0541. The van der Waals surface area contributed by atoms with Gasteiger partial charge in [0.05, 0.1) is 5.25 Å². The highest BCUT2D eigenvalue weighted by atomic mass is 32.2. The van der Waals surface area contributed by atoms with E-state index in [2.05, 4.69) is 49.9 Å². The van der Waals surface area contributed by atoms with Crippen molar-refractivity contribution in [3.05, 3.63) is 83.9 Å². The molecule has 0 amide bonds. The van der Waals surface area contributed by atoms with Gasteiger partial charge in [0.2, 0.25) is 10.0 Å². The van der Waals surface area contributed by atoms with Crippen molar-refractivity contribution in [2.75, 3.05) is 0 Å². The minimum Gasteiger partial charge on any atom is -0.228 e. The van der Waals surface area contributed by atoms with Crippen LogP contribution in [0.15, 0.2) is 72.8 Å². The lowest BCUT2D eigenvalue weighted by molar-refractivity contribution is 0.403. The Morgan fingerprint density at radius 2 is 1.69 bits per heavy atom. The van der Waals surface area contributed by atoms with Gasteiger partial charge in [0.1, 0.15) is 0 Å². The summed E-state index contributed by atoms with van der Waals surface area (Å²) < 4.78 is 25.3. The SMILES string of the molecule is C=C(c1ccccc1)C12CCC(S(N)(=O)=O)C1CC(CCCCCC)=C2c1ccccc1. The van der Waals surface area contributed by atoms with Gasteiger partial charge in [-0.05, 0) is 60.3 Å². The quantitative estimate of drug-likeness (QED) is 0.439. The molecule has 0 aliphatic heterocycles. The molecule has 32 heavy (non-hydrogen) atoms. The monoisotopic (exact) mass is 449 g/mol. The normalized spacial score (nSPS) is 25.2. The van der Waals surface area contributed by atoms with E-state index in [-0.39, 0.29) is 11.3 Å². The summed E-state index contributed by atoms with van der Waals surface area (Å²) in [5, 5.41) is 5.27. The van der Waals surface area contributed by atoms with Crippen molar-refractivity contribution in [1.82, 2.24) is 0 Å². The molecule has 0 bridgehead atoms. The fraction of sp³-hybridized carbons (Fsp3) is 0.429. The molecule has 2 N–H and O–H groups in total. The molecule has 0 heterocycles. The standard InChI is InChI=1S/C28H35NO2S/c1-3-4-5-8-17-24-20-25-26(32(29,30)31)18-19-28(25,21(2)22-13-9-6-10-14-22)27(24)23-15-11-7-12-16-23/h6-7,9-16,25-26H,2-5,8,17-20H2,1H3,(H2,29,30,31). The first-order chi connectivity index (χ1) is 15.4. The summed E-state index contributed by atoms with van der Waals surface area (Å²) >= 11 is 0. The highest BCUT2D eigenvalue weighted by Crippen LogP contribution is 2.67. The fourth-order valence-electron chi connectivity index (χ4n) is 6.25. The summed E-state index contributed by atoms with van der Waals surface area (Å²) in [6.07, 6.45) is 7.96. The Kier molecular flexibility index (Phi) is 6.73. The van der Waals surface area contributed by atoms with Crippen molar-refractivity contribution in [2.24, 2.45) is 16.5 Å². The minimum atomic E-state index is -3.64. The van der Waals surface area contributed by atoms with Crippen LogP contribution >= 0.6 is 0 Å². The molecule has 4 rings (SSSR count).